The van der Waals surface area contributed by atoms with E-state index in [1.807, 2.05) is 52.5 Å². The van der Waals surface area contributed by atoms with Gasteiger partial charge in [0, 0.05) is 25.8 Å². The molecule has 0 amide bonds. The lowest BCUT2D eigenvalue weighted by molar-refractivity contribution is 0.155. The molecule has 0 aliphatic heterocycles. The minimum Gasteiger partial charge on any atom is -0.308 e. The van der Waals surface area contributed by atoms with Gasteiger partial charge in [0.15, 0.2) is 0 Å². The molecule has 0 saturated heterocycles. The molecule has 6 nitrogen and oxygen atoms in total. The lowest BCUT2D eigenvalue weighted by Gasteiger charge is -2.33. The van der Waals surface area contributed by atoms with Crippen molar-refractivity contribution in [3.63, 3.8) is 0 Å². The summed E-state index contributed by atoms with van der Waals surface area (Å²) in [7, 11) is 4.15. The number of hydrogen-bond acceptors (Lipinski definition) is 6. The number of halogens is 1. The highest BCUT2D eigenvalue weighted by Crippen LogP contribution is 2.27. The summed E-state index contributed by atoms with van der Waals surface area (Å²) in [5.41, 5.74) is 2.18. The first-order valence-electron chi connectivity index (χ1n) is 11.5. The smallest absolute Gasteiger partial charge is 0.262 e. The van der Waals surface area contributed by atoms with E-state index in [-0.39, 0.29) is 11.6 Å². The Hall–Kier alpha value is -2.58. The highest BCUT2D eigenvalue weighted by Gasteiger charge is 2.26. The number of hydrogen-bond donors (Lipinski definition) is 0. The fourth-order valence-electron chi connectivity index (χ4n) is 4.15. The maximum Gasteiger partial charge on any atom is 0.262 e. The van der Waals surface area contributed by atoms with E-state index in [4.69, 9.17) is 16.6 Å². The zero-order chi connectivity index (χ0) is 24.1. The monoisotopic (exact) mass is 495 g/mol. The number of pyridine rings is 1. The minimum absolute atomic E-state index is 0.0178. The number of aromatic nitrogens is 3. The quantitative estimate of drug-likeness (QED) is 0.287. The van der Waals surface area contributed by atoms with E-state index in [0.717, 1.165) is 41.3 Å². The van der Waals surface area contributed by atoms with Crippen molar-refractivity contribution in [1.82, 2.24) is 24.3 Å². The van der Waals surface area contributed by atoms with Crippen LogP contribution in [0, 0.1) is 0 Å². The van der Waals surface area contributed by atoms with Gasteiger partial charge in [-0.25, -0.2) is 9.97 Å². The fraction of sp³-hybridized carbons (Fsp3) is 0.346. The molecule has 0 saturated carbocycles. The highest BCUT2D eigenvalue weighted by atomic mass is 35.5. The van der Waals surface area contributed by atoms with E-state index in [1.165, 1.54) is 11.3 Å². The molecule has 0 bridgehead atoms. The third-order valence-corrected chi connectivity index (χ3v) is 6.96. The van der Waals surface area contributed by atoms with Gasteiger partial charge in [0.2, 0.25) is 0 Å². The van der Waals surface area contributed by atoms with Gasteiger partial charge in [0.05, 0.1) is 18.0 Å². The standard InChI is InChI=1S/C26H30ClN5OS/c1-4-22(31(14-13-30(2)3)17-20-10-11-23(27)28-16-20)24-29-25-21(12-15-34-25)26(33)32(24)18-19-8-6-5-7-9-19/h5-12,15-16,22H,4,13-14,17-18H2,1-3H3. The molecule has 0 aliphatic rings. The van der Waals surface area contributed by atoms with E-state index in [9.17, 15) is 4.79 Å². The van der Waals surface area contributed by atoms with Crippen LogP contribution < -0.4 is 5.56 Å². The van der Waals surface area contributed by atoms with E-state index >= 15 is 0 Å². The van der Waals surface area contributed by atoms with Crippen LogP contribution in [-0.2, 0) is 13.1 Å². The molecule has 0 aliphatic carbocycles. The van der Waals surface area contributed by atoms with Crippen molar-refractivity contribution in [3.8, 4) is 0 Å². The van der Waals surface area contributed by atoms with Gasteiger partial charge in [-0.3, -0.25) is 14.3 Å². The Morgan fingerprint density at radius 2 is 1.85 bits per heavy atom. The average Bonchev–Trinajstić information content (AvgIpc) is 3.31. The van der Waals surface area contributed by atoms with Crippen LogP contribution in [0.3, 0.4) is 0 Å². The molecule has 34 heavy (non-hydrogen) atoms. The molecule has 1 unspecified atom stereocenters. The lowest BCUT2D eigenvalue weighted by atomic mass is 10.1. The molecule has 1 atom stereocenters. The second-order valence-corrected chi connectivity index (χ2v) is 9.96. The molecule has 0 N–H and O–H groups in total. The molecule has 3 heterocycles. The fourth-order valence-corrected chi connectivity index (χ4v) is 5.02. The highest BCUT2D eigenvalue weighted by molar-refractivity contribution is 7.16. The van der Waals surface area contributed by atoms with Crippen molar-refractivity contribution in [2.24, 2.45) is 0 Å². The summed E-state index contributed by atoms with van der Waals surface area (Å²) in [5.74, 6) is 0.812. The van der Waals surface area contributed by atoms with Crippen molar-refractivity contribution >= 4 is 33.2 Å². The maximum absolute atomic E-state index is 13.6. The first-order chi connectivity index (χ1) is 16.5. The maximum atomic E-state index is 13.6. The van der Waals surface area contributed by atoms with Gasteiger partial charge < -0.3 is 4.90 Å². The summed E-state index contributed by atoms with van der Waals surface area (Å²) >= 11 is 7.54. The topological polar surface area (TPSA) is 54.3 Å². The number of nitrogens with zero attached hydrogens (tertiary/aromatic N) is 5. The van der Waals surface area contributed by atoms with Crippen LogP contribution in [-0.4, -0.2) is 51.5 Å². The molecular formula is C26H30ClN5OS. The Kier molecular flexibility index (Phi) is 8.11. The van der Waals surface area contributed by atoms with E-state index < -0.39 is 0 Å². The summed E-state index contributed by atoms with van der Waals surface area (Å²) in [5, 5.41) is 3.11. The Balaban J connectivity index is 1.79. The second kappa shape index (κ2) is 11.2. The lowest BCUT2D eigenvalue weighted by Crippen LogP contribution is -2.38. The van der Waals surface area contributed by atoms with Crippen molar-refractivity contribution in [3.05, 3.63) is 92.6 Å². The molecule has 0 radical (unpaired) electrons. The van der Waals surface area contributed by atoms with Gasteiger partial charge in [-0.1, -0.05) is 54.9 Å². The van der Waals surface area contributed by atoms with Crippen LogP contribution in [0.2, 0.25) is 5.15 Å². The number of benzene rings is 1. The van der Waals surface area contributed by atoms with Crippen LogP contribution in [0.1, 0.15) is 36.3 Å². The van der Waals surface area contributed by atoms with Crippen molar-refractivity contribution < 1.29 is 0 Å². The molecule has 3 aromatic heterocycles. The zero-order valence-electron chi connectivity index (χ0n) is 19.8. The van der Waals surface area contributed by atoms with Gasteiger partial charge in [0.25, 0.3) is 5.56 Å². The summed E-state index contributed by atoms with van der Waals surface area (Å²) < 4.78 is 1.86. The van der Waals surface area contributed by atoms with E-state index in [0.29, 0.717) is 23.6 Å². The van der Waals surface area contributed by atoms with Crippen LogP contribution >= 0.6 is 22.9 Å². The van der Waals surface area contributed by atoms with E-state index in [2.05, 4.69) is 47.9 Å². The zero-order valence-corrected chi connectivity index (χ0v) is 21.4. The first-order valence-corrected chi connectivity index (χ1v) is 12.7. The Morgan fingerprint density at radius 3 is 2.53 bits per heavy atom. The molecule has 1 aromatic carbocycles. The van der Waals surface area contributed by atoms with Crippen molar-refractivity contribution in [2.45, 2.75) is 32.5 Å². The van der Waals surface area contributed by atoms with Crippen molar-refractivity contribution in [2.75, 3.05) is 27.2 Å². The number of rotatable bonds is 10. The Bertz CT molecular complexity index is 1270. The van der Waals surface area contributed by atoms with Gasteiger partial charge in [0.1, 0.15) is 15.8 Å². The third kappa shape index (κ3) is 5.73. The van der Waals surface area contributed by atoms with Crippen LogP contribution in [0.4, 0.5) is 0 Å². The summed E-state index contributed by atoms with van der Waals surface area (Å²) in [6.45, 7) is 5.07. The summed E-state index contributed by atoms with van der Waals surface area (Å²) in [6.07, 6.45) is 2.65. The van der Waals surface area contributed by atoms with Crippen LogP contribution in [0.5, 0.6) is 0 Å². The number of fused-ring (bicyclic) bond motifs is 1. The average molecular weight is 496 g/mol. The molecule has 8 heteroatoms. The first kappa shape index (κ1) is 24.5. The number of thiophene rings is 1. The largest absolute Gasteiger partial charge is 0.308 e. The van der Waals surface area contributed by atoms with Gasteiger partial charge >= 0.3 is 0 Å². The summed E-state index contributed by atoms with van der Waals surface area (Å²) in [4.78, 5) is 28.3. The van der Waals surface area contributed by atoms with Crippen LogP contribution in [0.15, 0.2) is 64.9 Å². The summed E-state index contributed by atoms with van der Waals surface area (Å²) in [6, 6.07) is 15.8. The Labute approximate surface area is 209 Å². The molecule has 4 aromatic rings. The predicted molar refractivity (Wildman–Crippen MR) is 141 cm³/mol. The molecular weight excluding hydrogens is 466 g/mol. The van der Waals surface area contributed by atoms with Crippen LogP contribution in [0.25, 0.3) is 10.2 Å². The second-order valence-electron chi connectivity index (χ2n) is 8.67. The SMILES string of the molecule is CCC(c1nc2sccc2c(=O)n1Cc1ccccc1)N(CCN(C)C)Cc1ccc(Cl)nc1. The predicted octanol–water partition coefficient (Wildman–Crippen LogP) is 5.07. The molecule has 178 valence electrons. The normalized spacial score (nSPS) is 12.6. The third-order valence-electron chi connectivity index (χ3n) is 5.93. The molecule has 0 spiro atoms. The number of likely N-dealkylation sites (N-methyl/N-ethyl adjacent to an activating group) is 1. The van der Waals surface area contributed by atoms with Gasteiger partial charge in [-0.15, -0.1) is 11.3 Å². The van der Waals surface area contributed by atoms with Gasteiger partial charge in [-0.2, -0.15) is 0 Å². The minimum atomic E-state index is -0.0291. The molecule has 4 rings (SSSR count). The van der Waals surface area contributed by atoms with E-state index in [1.54, 1.807) is 0 Å². The Morgan fingerprint density at radius 1 is 1.06 bits per heavy atom. The molecule has 0 fully saturated rings. The van der Waals surface area contributed by atoms with Crippen molar-refractivity contribution in [1.29, 1.82) is 0 Å². The van der Waals surface area contributed by atoms with Gasteiger partial charge in [-0.05, 0) is 49.2 Å².